The van der Waals surface area contributed by atoms with E-state index in [4.69, 9.17) is 10.6 Å². The Morgan fingerprint density at radius 1 is 1.27 bits per heavy atom. The Morgan fingerprint density at radius 2 is 2.00 bits per heavy atom. The van der Waals surface area contributed by atoms with Crippen molar-refractivity contribution in [1.29, 1.82) is 0 Å². The number of hydrazine groups is 1. The minimum Gasteiger partial charge on any atom is -0.381 e. The van der Waals surface area contributed by atoms with E-state index in [1.54, 1.807) is 0 Å². The van der Waals surface area contributed by atoms with Crippen LogP contribution < -0.4 is 16.6 Å². The van der Waals surface area contributed by atoms with Crippen molar-refractivity contribution >= 4 is 5.96 Å². The first-order chi connectivity index (χ1) is 7.38. The third kappa shape index (κ3) is 3.68. The average molecular weight is 212 g/mol. The molecule has 1 saturated carbocycles. The molecule has 5 heteroatoms. The zero-order valence-electron chi connectivity index (χ0n) is 9.04. The number of hydrogen-bond donors (Lipinski definition) is 3. The van der Waals surface area contributed by atoms with E-state index in [-0.39, 0.29) is 0 Å². The highest BCUT2D eigenvalue weighted by atomic mass is 16.5. The van der Waals surface area contributed by atoms with Gasteiger partial charge in [-0.15, -0.1) is 0 Å². The van der Waals surface area contributed by atoms with E-state index in [1.165, 1.54) is 12.8 Å². The number of nitrogens with two attached hydrogens (primary N) is 1. The van der Waals surface area contributed by atoms with Gasteiger partial charge in [0, 0.05) is 25.8 Å². The SMILES string of the molecule is NNC(=NCC1CCOCC1)NC1CC1. The number of ether oxygens (including phenoxy) is 1. The molecule has 0 spiro atoms. The lowest BCUT2D eigenvalue weighted by molar-refractivity contribution is 0.0689. The third-order valence-corrected chi connectivity index (χ3v) is 2.90. The van der Waals surface area contributed by atoms with Crippen LogP contribution in [-0.2, 0) is 4.74 Å². The summed E-state index contributed by atoms with van der Waals surface area (Å²) in [5, 5.41) is 3.26. The van der Waals surface area contributed by atoms with E-state index >= 15 is 0 Å². The molecule has 0 amide bonds. The number of nitrogens with zero attached hydrogens (tertiary/aromatic N) is 1. The van der Waals surface area contributed by atoms with Crippen molar-refractivity contribution in [3.05, 3.63) is 0 Å². The maximum absolute atomic E-state index is 5.40. The summed E-state index contributed by atoms with van der Waals surface area (Å²) in [6, 6.07) is 0.592. The number of aliphatic imine (C=N–C) groups is 1. The second-order valence-corrected chi connectivity index (χ2v) is 4.31. The first-order valence-corrected chi connectivity index (χ1v) is 5.74. The molecule has 2 rings (SSSR count). The molecule has 1 aliphatic carbocycles. The largest absolute Gasteiger partial charge is 0.381 e. The lowest BCUT2D eigenvalue weighted by atomic mass is 10.0. The molecule has 0 radical (unpaired) electrons. The van der Waals surface area contributed by atoms with Crippen molar-refractivity contribution in [1.82, 2.24) is 10.7 Å². The Morgan fingerprint density at radius 3 is 2.60 bits per heavy atom. The van der Waals surface area contributed by atoms with Crippen LogP contribution in [0.5, 0.6) is 0 Å². The van der Waals surface area contributed by atoms with Gasteiger partial charge in [0.1, 0.15) is 0 Å². The monoisotopic (exact) mass is 212 g/mol. The molecule has 1 saturated heterocycles. The zero-order valence-corrected chi connectivity index (χ0v) is 9.04. The van der Waals surface area contributed by atoms with Crippen LogP contribution in [0.15, 0.2) is 4.99 Å². The second-order valence-electron chi connectivity index (χ2n) is 4.31. The highest BCUT2D eigenvalue weighted by molar-refractivity contribution is 5.79. The van der Waals surface area contributed by atoms with E-state index in [2.05, 4.69) is 15.7 Å². The van der Waals surface area contributed by atoms with Crippen LogP contribution in [0.3, 0.4) is 0 Å². The van der Waals surface area contributed by atoms with Crippen molar-refractivity contribution < 1.29 is 4.74 Å². The molecule has 0 aromatic heterocycles. The molecule has 0 unspecified atom stereocenters. The lowest BCUT2D eigenvalue weighted by Crippen LogP contribution is -2.43. The average Bonchev–Trinajstić information content (AvgIpc) is 3.09. The molecule has 4 N–H and O–H groups in total. The molecule has 86 valence electrons. The first kappa shape index (κ1) is 10.7. The minimum atomic E-state index is 0.592. The molecule has 0 bridgehead atoms. The number of guanidine groups is 1. The van der Waals surface area contributed by atoms with Gasteiger partial charge in [-0.25, -0.2) is 5.84 Å². The highest BCUT2D eigenvalue weighted by Crippen LogP contribution is 2.18. The van der Waals surface area contributed by atoms with Gasteiger partial charge in [0.15, 0.2) is 0 Å². The molecule has 15 heavy (non-hydrogen) atoms. The fraction of sp³-hybridized carbons (Fsp3) is 0.900. The quantitative estimate of drug-likeness (QED) is 0.266. The Labute approximate surface area is 90.4 Å². The summed E-state index contributed by atoms with van der Waals surface area (Å²) < 4.78 is 5.30. The number of hydrogen-bond acceptors (Lipinski definition) is 3. The molecular weight excluding hydrogens is 192 g/mol. The van der Waals surface area contributed by atoms with Crippen LogP contribution in [-0.4, -0.2) is 31.8 Å². The molecular formula is C10H20N4O. The summed E-state index contributed by atoms with van der Waals surface area (Å²) in [6.07, 6.45) is 4.70. The second kappa shape index (κ2) is 5.32. The summed E-state index contributed by atoms with van der Waals surface area (Å²) in [5.41, 5.74) is 2.62. The standard InChI is InChI=1S/C10H20N4O/c11-14-10(13-9-1-2-9)12-7-8-3-5-15-6-4-8/h8-9H,1-7,11H2,(H2,12,13,14). The highest BCUT2D eigenvalue weighted by Gasteiger charge is 2.22. The summed E-state index contributed by atoms with van der Waals surface area (Å²) >= 11 is 0. The van der Waals surface area contributed by atoms with Crippen LogP contribution in [0.4, 0.5) is 0 Å². The minimum absolute atomic E-state index is 0.592. The molecule has 2 fully saturated rings. The number of rotatable bonds is 3. The normalized spacial score (nSPS) is 23.9. The van der Waals surface area contributed by atoms with Gasteiger partial charge in [-0.1, -0.05) is 0 Å². The summed E-state index contributed by atoms with van der Waals surface area (Å²) in [6.45, 7) is 2.60. The fourth-order valence-corrected chi connectivity index (χ4v) is 1.70. The van der Waals surface area contributed by atoms with Crippen LogP contribution in [0.25, 0.3) is 0 Å². The molecule has 2 aliphatic rings. The van der Waals surface area contributed by atoms with Crippen LogP contribution in [0.2, 0.25) is 0 Å². The Bertz CT molecular complexity index is 221. The van der Waals surface area contributed by atoms with E-state index in [0.717, 1.165) is 38.6 Å². The van der Waals surface area contributed by atoms with Crippen molar-refractivity contribution in [3.8, 4) is 0 Å². The fourth-order valence-electron chi connectivity index (χ4n) is 1.70. The molecule has 0 aromatic rings. The summed E-state index contributed by atoms with van der Waals surface area (Å²) in [5.74, 6) is 6.79. The summed E-state index contributed by atoms with van der Waals surface area (Å²) in [4.78, 5) is 4.46. The summed E-state index contributed by atoms with van der Waals surface area (Å²) in [7, 11) is 0. The van der Waals surface area contributed by atoms with Crippen molar-refractivity contribution in [2.24, 2.45) is 16.8 Å². The Balaban J connectivity index is 1.73. The number of nitrogens with one attached hydrogen (secondary N) is 2. The molecule has 1 heterocycles. The van der Waals surface area contributed by atoms with E-state index in [9.17, 15) is 0 Å². The zero-order chi connectivity index (χ0) is 10.5. The van der Waals surface area contributed by atoms with E-state index < -0.39 is 0 Å². The molecule has 5 nitrogen and oxygen atoms in total. The lowest BCUT2D eigenvalue weighted by Gasteiger charge is -2.20. The van der Waals surface area contributed by atoms with Gasteiger partial charge in [-0.05, 0) is 31.6 Å². The van der Waals surface area contributed by atoms with E-state index in [1.807, 2.05) is 0 Å². The van der Waals surface area contributed by atoms with Gasteiger partial charge < -0.3 is 10.1 Å². The predicted octanol–water partition coefficient (Wildman–Crippen LogP) is -0.0157. The van der Waals surface area contributed by atoms with Gasteiger partial charge in [0.25, 0.3) is 0 Å². The topological polar surface area (TPSA) is 71.7 Å². The van der Waals surface area contributed by atoms with Crippen molar-refractivity contribution in [2.45, 2.75) is 31.7 Å². The smallest absolute Gasteiger partial charge is 0.205 e. The molecule has 1 aliphatic heterocycles. The van der Waals surface area contributed by atoms with Crippen LogP contribution in [0, 0.1) is 5.92 Å². The van der Waals surface area contributed by atoms with Crippen LogP contribution >= 0.6 is 0 Å². The maximum Gasteiger partial charge on any atom is 0.205 e. The van der Waals surface area contributed by atoms with Gasteiger partial charge in [-0.3, -0.25) is 10.4 Å². The predicted molar refractivity (Wildman–Crippen MR) is 59.3 cm³/mol. The van der Waals surface area contributed by atoms with Crippen LogP contribution in [0.1, 0.15) is 25.7 Å². The third-order valence-electron chi connectivity index (χ3n) is 2.90. The van der Waals surface area contributed by atoms with Gasteiger partial charge >= 0.3 is 0 Å². The molecule has 0 atom stereocenters. The van der Waals surface area contributed by atoms with Gasteiger partial charge in [0.2, 0.25) is 5.96 Å². The Hall–Kier alpha value is -0.810. The van der Waals surface area contributed by atoms with Gasteiger partial charge in [0.05, 0.1) is 0 Å². The Kier molecular flexibility index (Phi) is 3.80. The van der Waals surface area contributed by atoms with Crippen molar-refractivity contribution in [2.75, 3.05) is 19.8 Å². The first-order valence-electron chi connectivity index (χ1n) is 5.74. The van der Waals surface area contributed by atoms with E-state index in [0.29, 0.717) is 12.0 Å². The maximum atomic E-state index is 5.40. The van der Waals surface area contributed by atoms with Gasteiger partial charge in [-0.2, -0.15) is 0 Å². The van der Waals surface area contributed by atoms with Crippen molar-refractivity contribution in [3.63, 3.8) is 0 Å². The molecule has 0 aromatic carbocycles.